The average molecular weight is 260 g/mol. The van der Waals surface area contributed by atoms with Crippen LogP contribution in [0.3, 0.4) is 0 Å². The molecule has 0 unspecified atom stereocenters. The number of hydrogen-bond acceptors (Lipinski definition) is 3. The molecule has 0 radical (unpaired) electrons. The maximum Gasteiger partial charge on any atom is 0.140 e. The molecule has 1 saturated carbocycles. The Morgan fingerprint density at radius 3 is 2.42 bits per heavy atom. The first kappa shape index (κ1) is 13.8. The number of carbonyl (C=O) groups is 2. The summed E-state index contributed by atoms with van der Waals surface area (Å²) >= 11 is 0. The molecule has 0 aliphatic heterocycles. The number of Topliss-reactive ketones (excluding diaryl/α,β-unsaturated/α-hetero) is 2. The summed E-state index contributed by atoms with van der Waals surface area (Å²) in [5.74, 6) is 1.13. The van der Waals surface area contributed by atoms with E-state index < -0.39 is 5.41 Å². The molecule has 3 nitrogen and oxygen atoms in total. The van der Waals surface area contributed by atoms with Crippen molar-refractivity contribution in [2.45, 2.75) is 44.9 Å². The molecule has 3 heteroatoms. The smallest absolute Gasteiger partial charge is 0.140 e. The van der Waals surface area contributed by atoms with E-state index >= 15 is 0 Å². The Bertz CT molecular complexity index is 507. The SMILES string of the molecule is COc1ccc(C)cc1C1(C(C)=O)CCC(=O)CC1. The second-order valence-electron chi connectivity index (χ2n) is 5.38. The van der Waals surface area contributed by atoms with Gasteiger partial charge in [0.1, 0.15) is 17.3 Å². The second-order valence-corrected chi connectivity index (χ2v) is 5.38. The highest BCUT2D eigenvalue weighted by Gasteiger charge is 2.42. The molecular formula is C16H20O3. The van der Waals surface area contributed by atoms with Crippen LogP contribution in [0.4, 0.5) is 0 Å². The van der Waals surface area contributed by atoms with Crippen LogP contribution < -0.4 is 4.74 Å². The van der Waals surface area contributed by atoms with Gasteiger partial charge in [-0.1, -0.05) is 17.7 Å². The molecule has 1 aliphatic carbocycles. The highest BCUT2D eigenvalue weighted by molar-refractivity contribution is 5.92. The minimum atomic E-state index is -0.550. The largest absolute Gasteiger partial charge is 0.496 e. The fourth-order valence-corrected chi connectivity index (χ4v) is 2.96. The number of hydrogen-bond donors (Lipinski definition) is 0. The molecule has 0 saturated heterocycles. The number of benzene rings is 1. The van der Waals surface area contributed by atoms with Gasteiger partial charge in [0.25, 0.3) is 0 Å². The predicted molar refractivity (Wildman–Crippen MR) is 73.6 cm³/mol. The van der Waals surface area contributed by atoms with E-state index in [1.807, 2.05) is 25.1 Å². The average Bonchev–Trinajstić information content (AvgIpc) is 2.39. The Balaban J connectivity index is 2.53. The number of rotatable bonds is 3. The molecule has 1 fully saturated rings. The first-order chi connectivity index (χ1) is 8.99. The van der Waals surface area contributed by atoms with E-state index in [4.69, 9.17) is 4.74 Å². The van der Waals surface area contributed by atoms with Crippen molar-refractivity contribution >= 4 is 11.6 Å². The number of methoxy groups -OCH3 is 1. The fourth-order valence-electron chi connectivity index (χ4n) is 2.96. The Morgan fingerprint density at radius 2 is 1.89 bits per heavy atom. The lowest BCUT2D eigenvalue weighted by Crippen LogP contribution is -2.38. The lowest BCUT2D eigenvalue weighted by Gasteiger charge is -2.36. The summed E-state index contributed by atoms with van der Waals surface area (Å²) in [5.41, 5.74) is 1.49. The first-order valence-corrected chi connectivity index (χ1v) is 6.67. The van der Waals surface area contributed by atoms with Crippen molar-refractivity contribution in [3.05, 3.63) is 29.3 Å². The van der Waals surface area contributed by atoms with Crippen molar-refractivity contribution in [2.75, 3.05) is 7.11 Å². The molecule has 1 aromatic rings. The Morgan fingerprint density at radius 1 is 1.26 bits per heavy atom. The van der Waals surface area contributed by atoms with E-state index in [1.165, 1.54) is 0 Å². The molecule has 0 spiro atoms. The lowest BCUT2D eigenvalue weighted by molar-refractivity contribution is -0.127. The van der Waals surface area contributed by atoms with Gasteiger partial charge in [-0.3, -0.25) is 9.59 Å². The van der Waals surface area contributed by atoms with E-state index in [2.05, 4.69) is 0 Å². The Labute approximate surface area is 114 Å². The van der Waals surface area contributed by atoms with Gasteiger partial charge < -0.3 is 4.74 Å². The highest BCUT2D eigenvalue weighted by Crippen LogP contribution is 2.43. The van der Waals surface area contributed by atoms with Gasteiger partial charge in [0.05, 0.1) is 12.5 Å². The summed E-state index contributed by atoms with van der Waals surface area (Å²) < 4.78 is 5.42. The van der Waals surface area contributed by atoms with E-state index in [1.54, 1.807) is 14.0 Å². The third-order valence-corrected chi connectivity index (χ3v) is 4.21. The van der Waals surface area contributed by atoms with Crippen molar-refractivity contribution in [3.8, 4) is 5.75 Å². The minimum Gasteiger partial charge on any atom is -0.496 e. The highest BCUT2D eigenvalue weighted by atomic mass is 16.5. The zero-order valence-corrected chi connectivity index (χ0v) is 11.8. The molecule has 0 N–H and O–H groups in total. The summed E-state index contributed by atoms with van der Waals surface area (Å²) in [6.45, 7) is 3.63. The van der Waals surface area contributed by atoms with Crippen molar-refractivity contribution < 1.29 is 14.3 Å². The van der Waals surface area contributed by atoms with Gasteiger partial charge in [-0.05, 0) is 32.8 Å². The van der Waals surface area contributed by atoms with Crippen molar-refractivity contribution in [2.24, 2.45) is 0 Å². The van der Waals surface area contributed by atoms with Crippen LogP contribution >= 0.6 is 0 Å². The normalized spacial score (nSPS) is 18.2. The van der Waals surface area contributed by atoms with Crippen molar-refractivity contribution in [1.29, 1.82) is 0 Å². The topological polar surface area (TPSA) is 43.4 Å². The predicted octanol–water partition coefficient (Wildman–Crippen LogP) is 2.97. The number of carbonyl (C=O) groups excluding carboxylic acids is 2. The van der Waals surface area contributed by atoms with Crippen LogP contribution in [0.2, 0.25) is 0 Å². The van der Waals surface area contributed by atoms with Gasteiger partial charge in [0, 0.05) is 18.4 Å². The summed E-state index contributed by atoms with van der Waals surface area (Å²) in [5, 5.41) is 0. The first-order valence-electron chi connectivity index (χ1n) is 6.67. The third-order valence-electron chi connectivity index (χ3n) is 4.21. The van der Waals surface area contributed by atoms with E-state index in [9.17, 15) is 9.59 Å². The van der Waals surface area contributed by atoms with Gasteiger partial charge in [0.2, 0.25) is 0 Å². The number of ketones is 2. The maximum atomic E-state index is 12.2. The van der Waals surface area contributed by atoms with E-state index in [0.29, 0.717) is 25.7 Å². The maximum absolute atomic E-state index is 12.2. The molecule has 0 heterocycles. The van der Waals surface area contributed by atoms with Crippen LogP contribution in [0.1, 0.15) is 43.7 Å². The van der Waals surface area contributed by atoms with Crippen LogP contribution in [-0.2, 0) is 15.0 Å². The third kappa shape index (κ3) is 2.42. The van der Waals surface area contributed by atoms with Gasteiger partial charge in [-0.2, -0.15) is 0 Å². The summed E-state index contributed by atoms with van der Waals surface area (Å²) in [6.07, 6.45) is 2.16. The standard InChI is InChI=1S/C16H20O3/c1-11-4-5-15(19-3)14(10-11)16(12(2)17)8-6-13(18)7-9-16/h4-5,10H,6-9H2,1-3H3. The van der Waals surface area contributed by atoms with Gasteiger partial charge >= 0.3 is 0 Å². The Kier molecular flexibility index (Phi) is 3.74. The molecular weight excluding hydrogens is 240 g/mol. The lowest BCUT2D eigenvalue weighted by atomic mass is 9.66. The van der Waals surface area contributed by atoms with Crippen LogP contribution in [0.25, 0.3) is 0 Å². The second kappa shape index (κ2) is 5.16. The number of aryl methyl sites for hydroxylation is 1. The summed E-state index contributed by atoms with van der Waals surface area (Å²) in [4.78, 5) is 23.7. The molecule has 1 aromatic carbocycles. The zero-order chi connectivity index (χ0) is 14.0. The molecule has 0 atom stereocenters. The van der Waals surface area contributed by atoms with Crippen molar-refractivity contribution in [1.82, 2.24) is 0 Å². The number of ether oxygens (including phenoxy) is 1. The monoisotopic (exact) mass is 260 g/mol. The van der Waals surface area contributed by atoms with Crippen LogP contribution in [0.5, 0.6) is 5.75 Å². The van der Waals surface area contributed by atoms with Crippen molar-refractivity contribution in [3.63, 3.8) is 0 Å². The van der Waals surface area contributed by atoms with Crippen LogP contribution in [0.15, 0.2) is 18.2 Å². The van der Waals surface area contributed by atoms with Crippen LogP contribution in [-0.4, -0.2) is 18.7 Å². The van der Waals surface area contributed by atoms with Gasteiger partial charge in [-0.25, -0.2) is 0 Å². The molecule has 1 aliphatic rings. The quantitative estimate of drug-likeness (QED) is 0.839. The van der Waals surface area contributed by atoms with Crippen LogP contribution in [0, 0.1) is 6.92 Å². The fraction of sp³-hybridized carbons (Fsp3) is 0.500. The van der Waals surface area contributed by atoms with Gasteiger partial charge in [0.15, 0.2) is 0 Å². The van der Waals surface area contributed by atoms with E-state index in [0.717, 1.165) is 16.9 Å². The molecule has 102 valence electrons. The Hall–Kier alpha value is -1.64. The molecule has 0 bridgehead atoms. The van der Waals surface area contributed by atoms with E-state index in [-0.39, 0.29) is 11.6 Å². The molecule has 0 amide bonds. The minimum absolute atomic E-state index is 0.129. The molecule has 0 aromatic heterocycles. The molecule has 19 heavy (non-hydrogen) atoms. The van der Waals surface area contributed by atoms with Gasteiger partial charge in [-0.15, -0.1) is 0 Å². The summed E-state index contributed by atoms with van der Waals surface area (Å²) in [7, 11) is 1.62. The molecule has 2 rings (SSSR count). The zero-order valence-electron chi connectivity index (χ0n) is 11.8. The summed E-state index contributed by atoms with van der Waals surface area (Å²) in [6, 6.07) is 5.91.